The monoisotopic (exact) mass is 512 g/mol. The van der Waals surface area contributed by atoms with Crippen LogP contribution in [0.15, 0.2) is 41.3 Å². The molecular weight excluding hydrogens is 504 g/mol. The zero-order valence-electron chi connectivity index (χ0n) is 15.2. The Morgan fingerprint density at radius 3 is 2.35 bits per heavy atom. The number of nitrogens with zero attached hydrogens (tertiary/aromatic N) is 3. The van der Waals surface area contributed by atoms with Gasteiger partial charge in [-0.1, -0.05) is 40.0 Å². The van der Waals surface area contributed by atoms with Crippen LogP contribution in [0.5, 0.6) is 0 Å². The van der Waals surface area contributed by atoms with Crippen molar-refractivity contribution < 1.29 is 26.4 Å². The number of hydrogen-bond acceptors (Lipinski definition) is 5. The molecule has 0 aliphatic carbocycles. The lowest BCUT2D eigenvalue weighted by molar-refractivity contribution is -0.137. The second-order valence-corrected chi connectivity index (χ2v) is 9.01. The number of carbonyl (C=O) groups excluding carboxylic acids is 1. The predicted molar refractivity (Wildman–Crippen MR) is 107 cm³/mol. The number of carbonyl (C=O) groups is 1. The molecular formula is C17H10Cl3F3N4O3S. The van der Waals surface area contributed by atoms with Crippen molar-refractivity contribution in [1.82, 2.24) is 19.7 Å². The Morgan fingerprint density at radius 2 is 1.71 bits per heavy atom. The van der Waals surface area contributed by atoms with E-state index in [4.69, 9.17) is 34.8 Å². The molecule has 0 unspecified atom stereocenters. The molecule has 0 radical (unpaired) electrons. The number of nitrogens with one attached hydrogen (secondary N) is 1. The lowest BCUT2D eigenvalue weighted by atomic mass is 10.2. The van der Waals surface area contributed by atoms with E-state index in [0.717, 1.165) is 10.7 Å². The van der Waals surface area contributed by atoms with Gasteiger partial charge in [-0.25, -0.2) is 17.8 Å². The molecule has 0 aliphatic rings. The van der Waals surface area contributed by atoms with Crippen LogP contribution in [0.1, 0.15) is 21.7 Å². The van der Waals surface area contributed by atoms with Gasteiger partial charge in [-0.05, 0) is 43.3 Å². The SMILES string of the molecule is Cc1c(C(=O)NS(=O)(=O)c2cc(C(F)(F)F)ccc2Cl)nnn1-c1cc(Cl)ccc1Cl. The number of halogens is 6. The third kappa shape index (κ3) is 4.79. The smallest absolute Gasteiger partial charge is 0.266 e. The number of hydrogen-bond donors (Lipinski definition) is 1. The quantitative estimate of drug-likeness (QED) is 0.547. The molecule has 0 spiro atoms. The molecule has 1 N–H and O–H groups in total. The minimum atomic E-state index is -4.81. The first-order valence-electron chi connectivity index (χ1n) is 8.13. The van der Waals surface area contributed by atoms with Gasteiger partial charge in [0.15, 0.2) is 5.69 Å². The molecule has 164 valence electrons. The lowest BCUT2D eigenvalue weighted by Gasteiger charge is -2.11. The molecule has 14 heteroatoms. The molecule has 1 heterocycles. The maximum absolute atomic E-state index is 12.9. The highest BCUT2D eigenvalue weighted by molar-refractivity contribution is 7.90. The van der Waals surface area contributed by atoms with Crippen LogP contribution in [0.3, 0.4) is 0 Å². The summed E-state index contributed by atoms with van der Waals surface area (Å²) in [5.74, 6) is -1.23. The molecule has 31 heavy (non-hydrogen) atoms. The average Bonchev–Trinajstić information content (AvgIpc) is 3.04. The van der Waals surface area contributed by atoms with Gasteiger partial charge in [-0.15, -0.1) is 5.10 Å². The molecule has 7 nitrogen and oxygen atoms in total. The third-order valence-electron chi connectivity index (χ3n) is 4.02. The van der Waals surface area contributed by atoms with Gasteiger partial charge in [0, 0.05) is 5.02 Å². The number of alkyl halides is 3. The second kappa shape index (κ2) is 8.30. The highest BCUT2D eigenvalue weighted by atomic mass is 35.5. The van der Waals surface area contributed by atoms with Gasteiger partial charge < -0.3 is 0 Å². The van der Waals surface area contributed by atoms with E-state index in [1.54, 1.807) is 4.72 Å². The molecule has 1 aromatic heterocycles. The molecule has 3 aromatic rings. The molecule has 0 saturated carbocycles. The van der Waals surface area contributed by atoms with E-state index < -0.39 is 43.3 Å². The predicted octanol–water partition coefficient (Wildman–Crippen LogP) is 4.67. The van der Waals surface area contributed by atoms with E-state index >= 15 is 0 Å². The Morgan fingerprint density at radius 1 is 1.06 bits per heavy atom. The maximum atomic E-state index is 12.9. The van der Waals surface area contributed by atoms with Crippen LogP contribution in [0.25, 0.3) is 5.69 Å². The molecule has 0 atom stereocenters. The Kier molecular flexibility index (Phi) is 6.25. The molecule has 0 bridgehead atoms. The fourth-order valence-corrected chi connectivity index (χ4v) is 4.37. The fraction of sp³-hybridized carbons (Fsp3) is 0.118. The van der Waals surface area contributed by atoms with Gasteiger partial charge in [0.05, 0.1) is 27.0 Å². The number of benzene rings is 2. The Balaban J connectivity index is 1.96. The standard InChI is InChI=1S/C17H10Cl3F3N4O3S/c1-8-15(24-26-27(8)13-7-10(18)3-5-11(13)19)16(28)25-31(29,30)14-6-9(17(21,22)23)2-4-12(14)20/h2-7H,1H3,(H,25,28). The van der Waals surface area contributed by atoms with Gasteiger partial charge in [0.25, 0.3) is 15.9 Å². The first-order chi connectivity index (χ1) is 14.3. The molecule has 0 aliphatic heterocycles. The maximum Gasteiger partial charge on any atom is 0.416 e. The summed E-state index contributed by atoms with van der Waals surface area (Å²) in [5, 5.41) is 7.46. The van der Waals surface area contributed by atoms with E-state index in [9.17, 15) is 26.4 Å². The Bertz CT molecular complexity index is 1290. The van der Waals surface area contributed by atoms with E-state index in [1.165, 1.54) is 25.1 Å². The van der Waals surface area contributed by atoms with Crippen molar-refractivity contribution in [2.45, 2.75) is 18.0 Å². The summed E-state index contributed by atoms with van der Waals surface area (Å²) < 4.78 is 66.6. The summed E-state index contributed by atoms with van der Waals surface area (Å²) >= 11 is 17.8. The van der Waals surface area contributed by atoms with Gasteiger partial charge in [-0.3, -0.25) is 4.79 Å². The fourth-order valence-electron chi connectivity index (χ4n) is 2.53. The summed E-state index contributed by atoms with van der Waals surface area (Å²) in [5.41, 5.74) is -1.26. The first kappa shape index (κ1) is 23.3. The van der Waals surface area contributed by atoms with Crippen molar-refractivity contribution in [1.29, 1.82) is 0 Å². The van der Waals surface area contributed by atoms with Crippen LogP contribution < -0.4 is 4.72 Å². The highest BCUT2D eigenvalue weighted by Crippen LogP contribution is 2.33. The number of rotatable bonds is 4. The Labute approximate surface area is 188 Å². The topological polar surface area (TPSA) is 93.9 Å². The summed E-state index contributed by atoms with van der Waals surface area (Å²) in [6.45, 7) is 1.41. The zero-order chi connectivity index (χ0) is 23.1. The zero-order valence-corrected chi connectivity index (χ0v) is 18.3. The number of aromatic nitrogens is 3. The summed E-state index contributed by atoms with van der Waals surface area (Å²) in [6, 6.07) is 6.18. The van der Waals surface area contributed by atoms with Crippen molar-refractivity contribution in [3.8, 4) is 5.69 Å². The van der Waals surface area contributed by atoms with Gasteiger partial charge >= 0.3 is 6.18 Å². The molecule has 2 aromatic carbocycles. The van der Waals surface area contributed by atoms with Gasteiger partial charge in [0.1, 0.15) is 4.90 Å². The van der Waals surface area contributed by atoms with E-state index in [-0.39, 0.29) is 16.4 Å². The largest absolute Gasteiger partial charge is 0.416 e. The van der Waals surface area contributed by atoms with Crippen LogP contribution in [-0.4, -0.2) is 29.3 Å². The van der Waals surface area contributed by atoms with E-state index in [0.29, 0.717) is 17.2 Å². The van der Waals surface area contributed by atoms with Crippen molar-refractivity contribution in [2.24, 2.45) is 0 Å². The number of amides is 1. The minimum absolute atomic E-state index is 0.104. The second-order valence-electron chi connectivity index (χ2n) is 6.11. The van der Waals surface area contributed by atoms with Crippen molar-refractivity contribution in [3.63, 3.8) is 0 Å². The summed E-state index contributed by atoms with van der Waals surface area (Å²) in [6.07, 6.45) is -4.81. The van der Waals surface area contributed by atoms with Crippen molar-refractivity contribution in [2.75, 3.05) is 0 Å². The molecule has 3 rings (SSSR count). The van der Waals surface area contributed by atoms with Crippen molar-refractivity contribution in [3.05, 3.63) is 68.4 Å². The normalized spacial score (nSPS) is 12.1. The van der Waals surface area contributed by atoms with E-state index in [2.05, 4.69) is 10.3 Å². The summed E-state index contributed by atoms with van der Waals surface area (Å²) in [7, 11) is -4.76. The molecule has 0 saturated heterocycles. The minimum Gasteiger partial charge on any atom is -0.266 e. The number of sulfonamides is 1. The average molecular weight is 514 g/mol. The lowest BCUT2D eigenvalue weighted by Crippen LogP contribution is -2.31. The van der Waals surface area contributed by atoms with Crippen LogP contribution in [0.4, 0.5) is 13.2 Å². The first-order valence-corrected chi connectivity index (χ1v) is 10.7. The van der Waals surface area contributed by atoms with Crippen LogP contribution in [0, 0.1) is 6.92 Å². The van der Waals surface area contributed by atoms with Crippen LogP contribution in [0.2, 0.25) is 15.1 Å². The van der Waals surface area contributed by atoms with Gasteiger partial charge in [-0.2, -0.15) is 13.2 Å². The Hall–Kier alpha value is -2.34. The highest BCUT2D eigenvalue weighted by Gasteiger charge is 2.33. The third-order valence-corrected chi connectivity index (χ3v) is 6.39. The van der Waals surface area contributed by atoms with Crippen molar-refractivity contribution >= 4 is 50.7 Å². The summed E-state index contributed by atoms with van der Waals surface area (Å²) in [4.78, 5) is 11.6. The van der Waals surface area contributed by atoms with Crippen LogP contribution in [-0.2, 0) is 16.2 Å². The molecule has 1 amide bonds. The van der Waals surface area contributed by atoms with E-state index in [1.807, 2.05) is 0 Å². The molecule has 0 fully saturated rings. The van der Waals surface area contributed by atoms with Crippen LogP contribution >= 0.6 is 34.8 Å². The van der Waals surface area contributed by atoms with Gasteiger partial charge in [0.2, 0.25) is 0 Å².